The van der Waals surface area contributed by atoms with Crippen molar-refractivity contribution in [2.75, 3.05) is 32.6 Å². The summed E-state index contributed by atoms with van der Waals surface area (Å²) in [7, 11) is 1.67. The summed E-state index contributed by atoms with van der Waals surface area (Å²) in [6.45, 7) is 4.15. The minimum atomic E-state index is -0.322. The molecule has 0 heterocycles. The molecule has 1 aromatic carbocycles. The average molecular weight is 255 g/mol. The van der Waals surface area contributed by atoms with E-state index in [1.54, 1.807) is 18.9 Å². The molecule has 0 aliphatic heterocycles. The molecule has 2 N–H and O–H groups in total. The van der Waals surface area contributed by atoms with Gasteiger partial charge >= 0.3 is 0 Å². The van der Waals surface area contributed by atoms with Gasteiger partial charge in [-0.25, -0.2) is 0 Å². The molecule has 4 heteroatoms. The number of aliphatic hydroxyl groups excluding tert-OH is 1. The highest BCUT2D eigenvalue weighted by molar-refractivity contribution is 7.99. The molecule has 0 spiro atoms. The van der Waals surface area contributed by atoms with Gasteiger partial charge < -0.3 is 15.2 Å². The third-order valence-corrected chi connectivity index (χ3v) is 3.43. The second-order valence-electron chi connectivity index (χ2n) is 3.98. The van der Waals surface area contributed by atoms with E-state index >= 15 is 0 Å². The van der Waals surface area contributed by atoms with Crippen molar-refractivity contribution in [1.29, 1.82) is 0 Å². The number of ether oxygens (including phenoxy) is 1. The Bertz CT molecular complexity index is 320. The van der Waals surface area contributed by atoms with E-state index in [-0.39, 0.29) is 6.10 Å². The maximum absolute atomic E-state index is 9.75. The quantitative estimate of drug-likeness (QED) is 0.548. The number of thioether (sulfide) groups is 1. The van der Waals surface area contributed by atoms with Crippen molar-refractivity contribution in [1.82, 2.24) is 5.32 Å². The Morgan fingerprint density at radius 3 is 3.00 bits per heavy atom. The first kappa shape index (κ1) is 14.5. The zero-order chi connectivity index (χ0) is 12.5. The zero-order valence-corrected chi connectivity index (χ0v) is 11.3. The van der Waals surface area contributed by atoms with Crippen molar-refractivity contribution in [2.45, 2.75) is 17.9 Å². The van der Waals surface area contributed by atoms with E-state index in [1.165, 1.54) is 10.5 Å². The minimum absolute atomic E-state index is 0.322. The molecule has 1 unspecified atom stereocenters. The molecule has 0 bridgehead atoms. The standard InChI is InChI=1S/C13H21NO2S/c1-11-4-3-5-13(8-11)17-10-12(15)9-14-6-7-16-2/h3-5,8,12,14-15H,6-7,9-10H2,1-2H3. The summed E-state index contributed by atoms with van der Waals surface area (Å²) in [5.74, 6) is 0.712. The van der Waals surface area contributed by atoms with E-state index in [2.05, 4.69) is 30.4 Å². The monoisotopic (exact) mass is 255 g/mol. The molecule has 96 valence electrons. The molecule has 0 amide bonds. The van der Waals surface area contributed by atoms with Crippen LogP contribution in [0.3, 0.4) is 0 Å². The summed E-state index contributed by atoms with van der Waals surface area (Å²) in [6.07, 6.45) is -0.322. The molecule has 1 atom stereocenters. The Hall–Kier alpha value is -0.550. The van der Waals surface area contributed by atoms with Gasteiger partial charge in [0.25, 0.3) is 0 Å². The predicted octanol–water partition coefficient (Wildman–Crippen LogP) is 1.68. The number of nitrogens with one attached hydrogen (secondary N) is 1. The molecule has 17 heavy (non-hydrogen) atoms. The van der Waals surface area contributed by atoms with E-state index in [1.807, 2.05) is 6.07 Å². The summed E-state index contributed by atoms with van der Waals surface area (Å²) in [4.78, 5) is 1.21. The van der Waals surface area contributed by atoms with Crippen molar-refractivity contribution in [2.24, 2.45) is 0 Å². The van der Waals surface area contributed by atoms with Crippen molar-refractivity contribution in [3.05, 3.63) is 29.8 Å². The summed E-state index contributed by atoms with van der Waals surface area (Å²) in [5.41, 5.74) is 1.25. The van der Waals surface area contributed by atoms with Gasteiger partial charge in [-0.05, 0) is 19.1 Å². The summed E-state index contributed by atoms with van der Waals surface area (Å²) in [5, 5.41) is 12.9. The van der Waals surface area contributed by atoms with Crippen LogP contribution in [0.1, 0.15) is 5.56 Å². The third kappa shape index (κ3) is 6.68. The van der Waals surface area contributed by atoms with Gasteiger partial charge in [-0.3, -0.25) is 0 Å². The Kier molecular flexibility index (Phi) is 7.28. The predicted molar refractivity (Wildman–Crippen MR) is 72.7 cm³/mol. The molecule has 0 aliphatic carbocycles. The van der Waals surface area contributed by atoms with Gasteiger partial charge in [0.2, 0.25) is 0 Å². The Morgan fingerprint density at radius 1 is 1.47 bits per heavy atom. The molecule has 0 radical (unpaired) electrons. The zero-order valence-electron chi connectivity index (χ0n) is 10.5. The van der Waals surface area contributed by atoms with E-state index in [9.17, 15) is 5.11 Å². The van der Waals surface area contributed by atoms with Crippen LogP contribution in [-0.4, -0.2) is 43.8 Å². The van der Waals surface area contributed by atoms with Gasteiger partial charge in [0.05, 0.1) is 12.7 Å². The number of benzene rings is 1. The number of aliphatic hydroxyl groups is 1. The number of methoxy groups -OCH3 is 1. The highest BCUT2D eigenvalue weighted by Gasteiger charge is 2.04. The van der Waals surface area contributed by atoms with Gasteiger partial charge in [0.15, 0.2) is 0 Å². The van der Waals surface area contributed by atoms with Gasteiger partial charge in [0.1, 0.15) is 0 Å². The molecule has 0 saturated carbocycles. The Balaban J connectivity index is 2.17. The highest BCUT2D eigenvalue weighted by atomic mass is 32.2. The fourth-order valence-corrected chi connectivity index (χ4v) is 2.35. The number of hydrogen-bond acceptors (Lipinski definition) is 4. The molecule has 0 aromatic heterocycles. The van der Waals surface area contributed by atoms with E-state index in [4.69, 9.17) is 4.74 Å². The molecule has 0 fully saturated rings. The molecular formula is C13H21NO2S. The van der Waals surface area contributed by atoms with E-state index < -0.39 is 0 Å². The number of rotatable bonds is 8. The van der Waals surface area contributed by atoms with Crippen molar-refractivity contribution >= 4 is 11.8 Å². The van der Waals surface area contributed by atoms with Crippen LogP contribution >= 0.6 is 11.8 Å². The second kappa shape index (κ2) is 8.53. The normalized spacial score (nSPS) is 12.6. The van der Waals surface area contributed by atoms with Crippen LogP contribution in [0.5, 0.6) is 0 Å². The maximum Gasteiger partial charge on any atom is 0.0758 e. The first-order valence-corrected chi connectivity index (χ1v) is 6.78. The average Bonchev–Trinajstić information content (AvgIpc) is 2.32. The van der Waals surface area contributed by atoms with Gasteiger partial charge in [0, 0.05) is 30.8 Å². The lowest BCUT2D eigenvalue weighted by molar-refractivity contribution is 0.175. The topological polar surface area (TPSA) is 41.5 Å². The number of aryl methyl sites for hydroxylation is 1. The van der Waals surface area contributed by atoms with Crippen LogP contribution in [0.4, 0.5) is 0 Å². The van der Waals surface area contributed by atoms with Gasteiger partial charge in [-0.2, -0.15) is 0 Å². The lowest BCUT2D eigenvalue weighted by atomic mass is 10.2. The fraction of sp³-hybridized carbons (Fsp3) is 0.538. The van der Waals surface area contributed by atoms with Crippen LogP contribution < -0.4 is 5.32 Å². The first-order chi connectivity index (χ1) is 8.22. The van der Waals surface area contributed by atoms with Crippen LogP contribution in [0.2, 0.25) is 0 Å². The van der Waals surface area contributed by atoms with Crippen molar-refractivity contribution in [3.8, 4) is 0 Å². The minimum Gasteiger partial charge on any atom is -0.391 e. The third-order valence-electron chi connectivity index (χ3n) is 2.29. The molecule has 0 aliphatic rings. The second-order valence-corrected chi connectivity index (χ2v) is 5.07. The van der Waals surface area contributed by atoms with Crippen LogP contribution in [0.25, 0.3) is 0 Å². The van der Waals surface area contributed by atoms with Crippen LogP contribution in [-0.2, 0) is 4.74 Å². The lowest BCUT2D eigenvalue weighted by Gasteiger charge is -2.11. The summed E-state index contributed by atoms with van der Waals surface area (Å²) >= 11 is 1.69. The first-order valence-electron chi connectivity index (χ1n) is 5.79. The molecule has 1 aromatic rings. The van der Waals surface area contributed by atoms with E-state index in [0.29, 0.717) is 18.9 Å². The lowest BCUT2D eigenvalue weighted by Crippen LogP contribution is -2.30. The summed E-state index contributed by atoms with van der Waals surface area (Å²) in [6, 6.07) is 8.33. The van der Waals surface area contributed by atoms with Crippen LogP contribution in [0, 0.1) is 6.92 Å². The van der Waals surface area contributed by atoms with E-state index in [0.717, 1.165) is 6.54 Å². The largest absolute Gasteiger partial charge is 0.391 e. The molecular weight excluding hydrogens is 234 g/mol. The van der Waals surface area contributed by atoms with Gasteiger partial charge in [-0.1, -0.05) is 17.7 Å². The fourth-order valence-electron chi connectivity index (χ4n) is 1.40. The molecule has 3 nitrogen and oxygen atoms in total. The molecule has 1 rings (SSSR count). The Labute approximate surface area is 108 Å². The smallest absolute Gasteiger partial charge is 0.0758 e. The highest BCUT2D eigenvalue weighted by Crippen LogP contribution is 2.19. The van der Waals surface area contributed by atoms with Crippen molar-refractivity contribution < 1.29 is 9.84 Å². The Morgan fingerprint density at radius 2 is 2.29 bits per heavy atom. The van der Waals surface area contributed by atoms with Gasteiger partial charge in [-0.15, -0.1) is 11.8 Å². The summed E-state index contributed by atoms with van der Waals surface area (Å²) < 4.78 is 4.92. The van der Waals surface area contributed by atoms with Crippen molar-refractivity contribution in [3.63, 3.8) is 0 Å². The number of hydrogen-bond donors (Lipinski definition) is 2. The van der Waals surface area contributed by atoms with Crippen LogP contribution in [0.15, 0.2) is 29.2 Å². The molecule has 0 saturated heterocycles. The SMILES string of the molecule is COCCNCC(O)CSc1cccc(C)c1. The maximum atomic E-state index is 9.75.